The van der Waals surface area contributed by atoms with Crippen molar-refractivity contribution in [2.24, 2.45) is 0 Å². The molecule has 0 amide bonds. The van der Waals surface area contributed by atoms with E-state index in [1.807, 2.05) is 0 Å². The lowest BCUT2D eigenvalue weighted by Gasteiger charge is -2.15. The Morgan fingerprint density at radius 3 is 2.18 bits per heavy atom. The summed E-state index contributed by atoms with van der Waals surface area (Å²) in [6, 6.07) is 17.4. The fourth-order valence-electron chi connectivity index (χ4n) is 5.16. The van der Waals surface area contributed by atoms with Gasteiger partial charge in [-0.05, 0) is 68.9 Å². The van der Waals surface area contributed by atoms with E-state index in [1.54, 1.807) is 0 Å². The number of nitrogens with zero attached hydrogens (tertiary/aromatic N) is 4. The maximum Gasteiger partial charge on any atom is 0.165 e. The van der Waals surface area contributed by atoms with Gasteiger partial charge in [0.05, 0.1) is 17.0 Å². The number of hydrogen-bond acceptors (Lipinski definition) is 2. The summed E-state index contributed by atoms with van der Waals surface area (Å²) in [6.45, 7) is 13.9. The van der Waals surface area contributed by atoms with Gasteiger partial charge in [-0.3, -0.25) is 0 Å². The topological polar surface area (TPSA) is 35.1 Å². The van der Waals surface area contributed by atoms with E-state index in [-0.39, 0.29) is 12.4 Å². The summed E-state index contributed by atoms with van der Waals surface area (Å²) in [5, 5.41) is 6.17. The van der Waals surface area contributed by atoms with Crippen molar-refractivity contribution >= 4 is 29.1 Å². The smallest absolute Gasteiger partial charge is 0.165 e. The van der Waals surface area contributed by atoms with Crippen molar-refractivity contribution < 1.29 is 0 Å². The Morgan fingerprint density at radius 2 is 1.52 bits per heavy atom. The number of halogens is 1. The molecule has 5 rings (SSSR count). The fraction of sp³-hybridized carbons (Fsp3) is 0.286. The van der Waals surface area contributed by atoms with Crippen LogP contribution in [0.3, 0.4) is 0 Å². The van der Waals surface area contributed by atoms with Crippen LogP contribution in [0.2, 0.25) is 0 Å². The van der Waals surface area contributed by atoms with E-state index in [0.717, 1.165) is 40.2 Å². The van der Waals surface area contributed by atoms with Crippen molar-refractivity contribution in [2.75, 3.05) is 0 Å². The molecule has 0 saturated heterocycles. The largest absolute Gasteiger partial charge is 0.332 e. The zero-order valence-corrected chi connectivity index (χ0v) is 21.0. The van der Waals surface area contributed by atoms with Crippen LogP contribution >= 0.6 is 12.4 Å². The second-order valence-corrected chi connectivity index (χ2v) is 9.18. The number of fused-ring (bicyclic) bond motifs is 3. The van der Waals surface area contributed by atoms with Crippen molar-refractivity contribution in [3.05, 3.63) is 88.4 Å². The highest BCUT2D eigenvalue weighted by molar-refractivity contribution is 5.89. The second kappa shape index (κ2) is 8.68. The zero-order chi connectivity index (χ0) is 22.6. The molecule has 0 spiro atoms. The molecule has 0 N–H and O–H groups in total. The molecular weight excluding hydrogens is 428 g/mol. The van der Waals surface area contributed by atoms with E-state index >= 15 is 0 Å². The Kier molecular flexibility index (Phi) is 6.06. The van der Waals surface area contributed by atoms with Crippen LogP contribution in [-0.4, -0.2) is 19.2 Å². The average molecular weight is 459 g/mol. The number of aryl methyl sites for hydroxylation is 5. The molecule has 0 fully saturated rings. The van der Waals surface area contributed by atoms with Crippen molar-refractivity contribution in [3.8, 4) is 11.1 Å². The fourth-order valence-corrected chi connectivity index (χ4v) is 5.16. The quantitative estimate of drug-likeness (QED) is 0.287. The Morgan fingerprint density at radius 1 is 0.848 bits per heavy atom. The highest BCUT2D eigenvalue weighted by Crippen LogP contribution is 2.35. The van der Waals surface area contributed by atoms with Crippen LogP contribution in [0, 0.1) is 34.6 Å². The molecule has 2 aromatic carbocycles. The van der Waals surface area contributed by atoms with Crippen molar-refractivity contribution in [2.45, 2.75) is 54.0 Å². The van der Waals surface area contributed by atoms with Crippen LogP contribution in [0.15, 0.2) is 54.7 Å². The van der Waals surface area contributed by atoms with Gasteiger partial charge in [-0.2, -0.15) is 9.61 Å². The third-order valence-corrected chi connectivity index (χ3v) is 6.60. The molecule has 33 heavy (non-hydrogen) atoms. The Hall–Kier alpha value is -3.11. The molecule has 3 aromatic heterocycles. The monoisotopic (exact) mass is 458 g/mol. The lowest BCUT2D eigenvalue weighted by atomic mass is 9.94. The van der Waals surface area contributed by atoms with E-state index in [9.17, 15) is 0 Å². The summed E-state index contributed by atoms with van der Waals surface area (Å²) in [7, 11) is 0. The third-order valence-electron chi connectivity index (χ3n) is 6.60. The predicted octanol–water partition coefficient (Wildman–Crippen LogP) is 7.12. The average Bonchev–Trinajstić information content (AvgIpc) is 3.30. The summed E-state index contributed by atoms with van der Waals surface area (Å²) in [5.74, 6) is 0.396. The molecule has 5 aromatic rings. The molecule has 4 nitrogen and oxygen atoms in total. The van der Waals surface area contributed by atoms with Gasteiger partial charge in [0.15, 0.2) is 5.65 Å². The van der Waals surface area contributed by atoms with Gasteiger partial charge in [0, 0.05) is 18.1 Å². The first-order valence-corrected chi connectivity index (χ1v) is 11.3. The van der Waals surface area contributed by atoms with Gasteiger partial charge in [0.25, 0.3) is 0 Å². The second-order valence-electron chi connectivity index (χ2n) is 9.18. The first-order valence-electron chi connectivity index (χ1n) is 11.3. The molecule has 0 aliphatic carbocycles. The van der Waals surface area contributed by atoms with Crippen LogP contribution in [0.5, 0.6) is 0 Å². The summed E-state index contributed by atoms with van der Waals surface area (Å²) < 4.78 is 4.39. The molecule has 1 unspecified atom stereocenters. The predicted molar refractivity (Wildman–Crippen MR) is 140 cm³/mol. The van der Waals surface area contributed by atoms with Gasteiger partial charge in [-0.1, -0.05) is 55.0 Å². The van der Waals surface area contributed by atoms with Crippen molar-refractivity contribution in [1.82, 2.24) is 19.2 Å². The van der Waals surface area contributed by atoms with Crippen LogP contribution in [0.25, 0.3) is 27.8 Å². The number of hydrogen-bond donors (Lipinski definition) is 0. The third kappa shape index (κ3) is 3.83. The van der Waals surface area contributed by atoms with E-state index in [1.165, 1.54) is 27.8 Å². The molecule has 0 saturated carbocycles. The normalized spacial score (nSPS) is 12.3. The lowest BCUT2D eigenvalue weighted by Crippen LogP contribution is -2.08. The molecule has 1 atom stereocenters. The first kappa shape index (κ1) is 23.1. The van der Waals surface area contributed by atoms with Crippen LogP contribution in [0.4, 0.5) is 0 Å². The Balaban J connectivity index is 0.00000259. The van der Waals surface area contributed by atoms with Crippen LogP contribution < -0.4 is 0 Å². The van der Waals surface area contributed by atoms with E-state index in [4.69, 9.17) is 10.1 Å². The van der Waals surface area contributed by atoms with Crippen LogP contribution in [-0.2, 0) is 6.54 Å². The first-order chi connectivity index (χ1) is 15.3. The summed E-state index contributed by atoms with van der Waals surface area (Å²) in [5.41, 5.74) is 11.7. The Bertz CT molecular complexity index is 1440. The van der Waals surface area contributed by atoms with Gasteiger partial charge in [0.2, 0.25) is 0 Å². The maximum absolute atomic E-state index is 5.04. The minimum Gasteiger partial charge on any atom is -0.332 e. The highest BCUT2D eigenvalue weighted by Gasteiger charge is 2.21. The van der Waals surface area contributed by atoms with Gasteiger partial charge in [-0.25, -0.2) is 4.98 Å². The number of rotatable bonds is 4. The van der Waals surface area contributed by atoms with Gasteiger partial charge in [0.1, 0.15) is 5.65 Å². The summed E-state index contributed by atoms with van der Waals surface area (Å²) >= 11 is 0. The minimum atomic E-state index is 0. The van der Waals surface area contributed by atoms with E-state index < -0.39 is 0 Å². The zero-order valence-electron chi connectivity index (χ0n) is 20.2. The minimum absolute atomic E-state index is 0. The van der Waals surface area contributed by atoms with Gasteiger partial charge >= 0.3 is 0 Å². The lowest BCUT2D eigenvalue weighted by molar-refractivity contribution is 0.606. The maximum atomic E-state index is 5.04. The number of aromatic nitrogens is 4. The van der Waals surface area contributed by atoms with E-state index in [0.29, 0.717) is 5.92 Å². The molecule has 170 valence electrons. The standard InChI is InChI=1S/C28H30N4.ClH/c1-17-14-18(2)25(19(3)15-17)26-22(6)30-32-27(26)29-21(5)24-12-13-31(28(24)32)16-20(4)23-10-8-7-9-11-23;/h7-15,20H,16H2,1-6H3;1H. The van der Waals surface area contributed by atoms with Crippen LogP contribution in [0.1, 0.15) is 46.5 Å². The van der Waals surface area contributed by atoms with Crippen molar-refractivity contribution in [3.63, 3.8) is 0 Å². The molecule has 0 bridgehead atoms. The van der Waals surface area contributed by atoms with Crippen molar-refractivity contribution in [1.29, 1.82) is 0 Å². The molecule has 5 heteroatoms. The SMILES string of the molecule is Cc1cc(C)c(-c2c(C)nn3c2nc(C)c2ccn(CC(C)c4ccccc4)c23)c(C)c1.Cl. The highest BCUT2D eigenvalue weighted by atomic mass is 35.5. The molecule has 0 aliphatic heterocycles. The molecule has 0 aliphatic rings. The summed E-state index contributed by atoms with van der Waals surface area (Å²) in [4.78, 5) is 5.04. The molecule has 0 radical (unpaired) electrons. The summed E-state index contributed by atoms with van der Waals surface area (Å²) in [6.07, 6.45) is 2.18. The van der Waals surface area contributed by atoms with E-state index in [2.05, 4.69) is 105 Å². The molecular formula is C28H31ClN4. The van der Waals surface area contributed by atoms with Gasteiger partial charge < -0.3 is 4.57 Å². The molecule has 3 heterocycles. The van der Waals surface area contributed by atoms with Gasteiger partial charge in [-0.15, -0.1) is 12.4 Å². The Labute approximate surface area is 201 Å². The number of benzene rings is 2.